The third-order valence-corrected chi connectivity index (χ3v) is 1.24. The van der Waals surface area contributed by atoms with Crippen molar-refractivity contribution in [3.05, 3.63) is 18.2 Å². The molecular formula is C7H12N4. The molecule has 0 aliphatic heterocycles. The van der Waals surface area contributed by atoms with E-state index < -0.39 is 0 Å². The van der Waals surface area contributed by atoms with Crippen molar-refractivity contribution < 1.29 is 0 Å². The molecule has 1 rings (SSSR count). The van der Waals surface area contributed by atoms with Crippen molar-refractivity contribution in [1.82, 2.24) is 20.5 Å². The predicted octanol–water partition coefficient (Wildman–Crippen LogP) is 0.371. The molecule has 0 bridgehead atoms. The Balaban J connectivity index is 2.28. The van der Waals surface area contributed by atoms with Crippen LogP contribution in [-0.4, -0.2) is 21.7 Å². The molecule has 0 saturated heterocycles. The molecule has 60 valence electrons. The van der Waals surface area contributed by atoms with Crippen LogP contribution in [0.1, 0.15) is 19.2 Å². The molecule has 0 aliphatic carbocycles. The zero-order valence-corrected chi connectivity index (χ0v) is 6.62. The van der Waals surface area contributed by atoms with Crippen molar-refractivity contribution in [2.45, 2.75) is 19.9 Å². The monoisotopic (exact) mass is 152 g/mol. The van der Waals surface area contributed by atoms with Crippen LogP contribution in [-0.2, 0) is 6.54 Å². The third kappa shape index (κ3) is 3.04. The SMILES string of the molecule is CCCNCc1nccnn1. The first-order valence-corrected chi connectivity index (χ1v) is 3.76. The highest BCUT2D eigenvalue weighted by Crippen LogP contribution is 1.82. The molecule has 0 spiro atoms. The Kier molecular flexibility index (Phi) is 3.47. The van der Waals surface area contributed by atoms with Gasteiger partial charge in [-0.3, -0.25) is 0 Å². The van der Waals surface area contributed by atoms with Crippen LogP contribution in [0, 0.1) is 0 Å². The molecule has 0 radical (unpaired) electrons. The van der Waals surface area contributed by atoms with Crippen molar-refractivity contribution in [3.8, 4) is 0 Å². The van der Waals surface area contributed by atoms with Crippen LogP contribution >= 0.6 is 0 Å². The molecule has 0 atom stereocenters. The molecule has 0 aromatic carbocycles. The fourth-order valence-electron chi connectivity index (χ4n) is 0.733. The van der Waals surface area contributed by atoms with Crippen LogP contribution in [0.5, 0.6) is 0 Å². The summed E-state index contributed by atoms with van der Waals surface area (Å²) in [4.78, 5) is 4.01. The van der Waals surface area contributed by atoms with Crippen LogP contribution in [0.2, 0.25) is 0 Å². The molecule has 0 fully saturated rings. The summed E-state index contributed by atoms with van der Waals surface area (Å²) < 4.78 is 0. The molecule has 0 aliphatic rings. The minimum atomic E-state index is 0.710. The predicted molar refractivity (Wildman–Crippen MR) is 41.8 cm³/mol. The first-order chi connectivity index (χ1) is 5.43. The quantitative estimate of drug-likeness (QED) is 0.633. The van der Waals surface area contributed by atoms with E-state index in [0.717, 1.165) is 18.8 Å². The van der Waals surface area contributed by atoms with E-state index in [-0.39, 0.29) is 0 Å². The second-order valence-corrected chi connectivity index (χ2v) is 2.24. The molecular weight excluding hydrogens is 140 g/mol. The Bertz CT molecular complexity index is 187. The maximum Gasteiger partial charge on any atom is 0.164 e. The number of aromatic nitrogens is 3. The van der Waals surface area contributed by atoms with E-state index in [0.29, 0.717) is 6.54 Å². The van der Waals surface area contributed by atoms with E-state index in [1.54, 1.807) is 12.4 Å². The number of hydrogen-bond acceptors (Lipinski definition) is 4. The summed E-state index contributed by atoms with van der Waals surface area (Å²) in [6.45, 7) is 3.83. The van der Waals surface area contributed by atoms with E-state index in [4.69, 9.17) is 0 Å². The van der Waals surface area contributed by atoms with Crippen LogP contribution < -0.4 is 5.32 Å². The first kappa shape index (κ1) is 8.07. The summed E-state index contributed by atoms with van der Waals surface area (Å²) in [5, 5.41) is 10.7. The number of nitrogens with zero attached hydrogens (tertiary/aromatic N) is 3. The Morgan fingerprint density at radius 3 is 3.00 bits per heavy atom. The van der Waals surface area contributed by atoms with Gasteiger partial charge in [0.2, 0.25) is 0 Å². The minimum Gasteiger partial charge on any atom is -0.310 e. The largest absolute Gasteiger partial charge is 0.310 e. The van der Waals surface area contributed by atoms with Crippen LogP contribution in [0.25, 0.3) is 0 Å². The number of hydrogen-bond donors (Lipinski definition) is 1. The number of rotatable bonds is 4. The van der Waals surface area contributed by atoms with Crippen molar-refractivity contribution in [1.29, 1.82) is 0 Å². The summed E-state index contributed by atoms with van der Waals surface area (Å²) in [6.07, 6.45) is 4.35. The lowest BCUT2D eigenvalue weighted by molar-refractivity contribution is 0.639. The van der Waals surface area contributed by atoms with Crippen LogP contribution in [0.4, 0.5) is 0 Å². The van der Waals surface area contributed by atoms with Gasteiger partial charge in [0.15, 0.2) is 5.82 Å². The zero-order chi connectivity index (χ0) is 7.94. The van der Waals surface area contributed by atoms with E-state index in [2.05, 4.69) is 27.4 Å². The molecule has 4 heteroatoms. The zero-order valence-electron chi connectivity index (χ0n) is 6.62. The molecule has 0 unspecified atom stereocenters. The van der Waals surface area contributed by atoms with E-state index in [9.17, 15) is 0 Å². The van der Waals surface area contributed by atoms with Gasteiger partial charge in [-0.1, -0.05) is 6.92 Å². The highest BCUT2D eigenvalue weighted by Gasteiger charge is 1.91. The summed E-state index contributed by atoms with van der Waals surface area (Å²) >= 11 is 0. The first-order valence-electron chi connectivity index (χ1n) is 3.76. The Morgan fingerprint density at radius 1 is 1.45 bits per heavy atom. The summed E-state index contributed by atoms with van der Waals surface area (Å²) in [5.74, 6) is 0.751. The normalized spacial score (nSPS) is 9.91. The second-order valence-electron chi connectivity index (χ2n) is 2.24. The molecule has 1 aromatic heterocycles. The van der Waals surface area contributed by atoms with Crippen molar-refractivity contribution in [2.24, 2.45) is 0 Å². The summed E-state index contributed by atoms with van der Waals surface area (Å²) in [5.41, 5.74) is 0. The van der Waals surface area contributed by atoms with Gasteiger partial charge >= 0.3 is 0 Å². The van der Waals surface area contributed by atoms with Gasteiger partial charge in [0.1, 0.15) is 0 Å². The Labute approximate surface area is 66.1 Å². The lowest BCUT2D eigenvalue weighted by atomic mass is 10.4. The van der Waals surface area contributed by atoms with E-state index in [1.165, 1.54) is 0 Å². The molecule has 0 amide bonds. The van der Waals surface area contributed by atoms with Crippen molar-refractivity contribution in [3.63, 3.8) is 0 Å². The third-order valence-electron chi connectivity index (χ3n) is 1.24. The highest BCUT2D eigenvalue weighted by atomic mass is 15.1. The highest BCUT2D eigenvalue weighted by molar-refractivity contribution is 4.79. The molecule has 0 saturated carbocycles. The molecule has 11 heavy (non-hydrogen) atoms. The average molecular weight is 152 g/mol. The topological polar surface area (TPSA) is 50.7 Å². The standard InChI is InChI=1S/C7H12N4/c1-2-3-8-6-7-9-4-5-10-11-7/h4-5,8H,2-3,6H2,1H3. The van der Waals surface area contributed by atoms with Gasteiger partial charge in [-0.2, -0.15) is 5.10 Å². The summed E-state index contributed by atoms with van der Waals surface area (Å²) in [7, 11) is 0. The second kappa shape index (κ2) is 4.73. The van der Waals surface area contributed by atoms with Crippen molar-refractivity contribution >= 4 is 0 Å². The molecule has 1 heterocycles. The van der Waals surface area contributed by atoms with Gasteiger partial charge in [0.25, 0.3) is 0 Å². The molecule has 1 aromatic rings. The molecule has 4 nitrogen and oxygen atoms in total. The maximum absolute atomic E-state index is 4.01. The fraction of sp³-hybridized carbons (Fsp3) is 0.571. The Hall–Kier alpha value is -1.03. The Morgan fingerprint density at radius 2 is 2.36 bits per heavy atom. The van der Waals surface area contributed by atoms with E-state index >= 15 is 0 Å². The lowest BCUT2D eigenvalue weighted by Gasteiger charge is -1.98. The average Bonchev–Trinajstić information content (AvgIpc) is 2.07. The van der Waals surface area contributed by atoms with Gasteiger partial charge in [-0.25, -0.2) is 4.98 Å². The fourth-order valence-corrected chi connectivity index (χ4v) is 0.733. The molecule has 1 N–H and O–H groups in total. The van der Waals surface area contributed by atoms with Gasteiger partial charge < -0.3 is 5.32 Å². The van der Waals surface area contributed by atoms with Gasteiger partial charge in [0.05, 0.1) is 12.7 Å². The van der Waals surface area contributed by atoms with Gasteiger partial charge in [-0.15, -0.1) is 5.10 Å². The van der Waals surface area contributed by atoms with Gasteiger partial charge in [-0.05, 0) is 13.0 Å². The van der Waals surface area contributed by atoms with Crippen LogP contribution in [0.15, 0.2) is 12.4 Å². The van der Waals surface area contributed by atoms with Crippen molar-refractivity contribution in [2.75, 3.05) is 6.54 Å². The lowest BCUT2D eigenvalue weighted by Crippen LogP contribution is -2.16. The minimum absolute atomic E-state index is 0.710. The van der Waals surface area contributed by atoms with Gasteiger partial charge in [0, 0.05) is 6.20 Å². The van der Waals surface area contributed by atoms with E-state index in [1.807, 2.05) is 0 Å². The number of nitrogens with one attached hydrogen (secondary N) is 1. The smallest absolute Gasteiger partial charge is 0.164 e. The van der Waals surface area contributed by atoms with Crippen LogP contribution in [0.3, 0.4) is 0 Å². The maximum atomic E-state index is 4.01. The summed E-state index contributed by atoms with van der Waals surface area (Å²) in [6, 6.07) is 0.